The fourth-order valence-electron chi connectivity index (χ4n) is 3.20. The molecular formula is C16H20N2O. The molecule has 1 aliphatic rings. The van der Waals surface area contributed by atoms with Crippen LogP contribution in [-0.4, -0.2) is 28.9 Å². The Balaban J connectivity index is 1.86. The van der Waals surface area contributed by atoms with Gasteiger partial charge in [0.2, 0.25) is 0 Å². The van der Waals surface area contributed by atoms with Crippen molar-refractivity contribution in [1.82, 2.24) is 9.88 Å². The first-order valence-corrected chi connectivity index (χ1v) is 7.00. The second-order valence-electron chi connectivity index (χ2n) is 5.94. The van der Waals surface area contributed by atoms with E-state index < -0.39 is 0 Å². The van der Waals surface area contributed by atoms with Crippen LogP contribution in [0.5, 0.6) is 0 Å². The van der Waals surface area contributed by atoms with E-state index >= 15 is 0 Å². The first kappa shape index (κ1) is 12.3. The molecule has 0 bridgehead atoms. The Labute approximate surface area is 113 Å². The number of H-pyrrole nitrogens is 1. The Morgan fingerprint density at radius 1 is 1.21 bits per heavy atom. The van der Waals surface area contributed by atoms with Gasteiger partial charge in [0.1, 0.15) is 0 Å². The van der Waals surface area contributed by atoms with Gasteiger partial charge in [-0.05, 0) is 42.5 Å². The number of hydrogen-bond acceptors (Lipinski definition) is 1. The van der Waals surface area contributed by atoms with E-state index in [4.69, 9.17) is 0 Å². The van der Waals surface area contributed by atoms with Gasteiger partial charge >= 0.3 is 0 Å². The van der Waals surface area contributed by atoms with Crippen molar-refractivity contribution in [2.45, 2.75) is 20.3 Å². The standard InChI is InChI=1S/C16H20N2O/c1-11-7-12(2)10-18(9-11)16(19)14-3-4-15-13(8-14)5-6-17-15/h3-6,8,11-12,17H,7,9-10H2,1-2H3. The molecule has 2 atom stereocenters. The number of fused-ring (bicyclic) bond motifs is 1. The molecule has 0 saturated carbocycles. The second kappa shape index (κ2) is 4.72. The molecule has 3 heteroatoms. The minimum Gasteiger partial charge on any atom is -0.361 e. The molecule has 1 aliphatic heterocycles. The van der Waals surface area contributed by atoms with Crippen molar-refractivity contribution >= 4 is 16.8 Å². The Bertz CT molecular complexity index is 592. The lowest BCUT2D eigenvalue weighted by molar-refractivity contribution is 0.0623. The maximum atomic E-state index is 12.6. The number of carbonyl (C=O) groups is 1. The molecule has 1 N–H and O–H groups in total. The summed E-state index contributed by atoms with van der Waals surface area (Å²) in [6.45, 7) is 6.22. The molecule has 2 heterocycles. The first-order chi connectivity index (χ1) is 9.13. The highest BCUT2D eigenvalue weighted by Gasteiger charge is 2.26. The summed E-state index contributed by atoms with van der Waals surface area (Å²) >= 11 is 0. The Morgan fingerprint density at radius 3 is 2.68 bits per heavy atom. The zero-order valence-corrected chi connectivity index (χ0v) is 11.5. The molecule has 0 aliphatic carbocycles. The summed E-state index contributed by atoms with van der Waals surface area (Å²) in [5.74, 6) is 1.37. The number of likely N-dealkylation sites (tertiary alicyclic amines) is 1. The number of nitrogens with zero attached hydrogens (tertiary/aromatic N) is 1. The molecule has 1 amide bonds. The van der Waals surface area contributed by atoms with Gasteiger partial charge < -0.3 is 9.88 Å². The van der Waals surface area contributed by atoms with Crippen molar-refractivity contribution < 1.29 is 4.79 Å². The van der Waals surface area contributed by atoms with Crippen molar-refractivity contribution in [2.24, 2.45) is 11.8 Å². The third kappa shape index (κ3) is 2.37. The lowest BCUT2D eigenvalue weighted by atomic mass is 9.91. The van der Waals surface area contributed by atoms with E-state index in [1.165, 1.54) is 6.42 Å². The van der Waals surface area contributed by atoms with E-state index in [2.05, 4.69) is 18.8 Å². The van der Waals surface area contributed by atoms with Gasteiger partial charge in [0, 0.05) is 35.8 Å². The van der Waals surface area contributed by atoms with Crippen LogP contribution >= 0.6 is 0 Å². The highest BCUT2D eigenvalue weighted by atomic mass is 16.2. The molecule has 0 spiro atoms. The van der Waals surface area contributed by atoms with Crippen LogP contribution in [0.25, 0.3) is 10.9 Å². The quantitative estimate of drug-likeness (QED) is 0.835. The molecule has 2 aromatic rings. The summed E-state index contributed by atoms with van der Waals surface area (Å²) in [6, 6.07) is 7.90. The number of hydrogen-bond donors (Lipinski definition) is 1. The summed E-state index contributed by atoms with van der Waals surface area (Å²) in [7, 11) is 0. The SMILES string of the molecule is CC1CC(C)CN(C(=O)c2ccc3[nH]ccc3c2)C1. The van der Waals surface area contributed by atoms with Crippen molar-refractivity contribution in [1.29, 1.82) is 0 Å². The molecule has 3 nitrogen and oxygen atoms in total. The van der Waals surface area contributed by atoms with Crippen molar-refractivity contribution in [3.05, 3.63) is 36.0 Å². The Hall–Kier alpha value is -1.77. The highest BCUT2D eigenvalue weighted by Crippen LogP contribution is 2.23. The lowest BCUT2D eigenvalue weighted by Crippen LogP contribution is -2.42. The minimum atomic E-state index is 0.168. The third-order valence-electron chi connectivity index (χ3n) is 3.96. The van der Waals surface area contributed by atoms with Gasteiger partial charge in [0.15, 0.2) is 0 Å². The smallest absolute Gasteiger partial charge is 0.253 e. The van der Waals surface area contributed by atoms with Crippen LogP contribution in [0.3, 0.4) is 0 Å². The van der Waals surface area contributed by atoms with Gasteiger partial charge in [-0.2, -0.15) is 0 Å². The van der Waals surface area contributed by atoms with Crippen LogP contribution in [0.4, 0.5) is 0 Å². The molecule has 1 saturated heterocycles. The summed E-state index contributed by atoms with van der Waals surface area (Å²) in [5, 5.41) is 1.10. The van der Waals surface area contributed by atoms with Gasteiger partial charge in [-0.25, -0.2) is 0 Å². The predicted octanol–water partition coefficient (Wildman–Crippen LogP) is 3.29. The molecule has 1 aromatic heterocycles. The van der Waals surface area contributed by atoms with E-state index in [1.807, 2.05) is 35.4 Å². The average molecular weight is 256 g/mol. The number of piperidine rings is 1. The van der Waals surface area contributed by atoms with Crippen LogP contribution in [0.15, 0.2) is 30.5 Å². The van der Waals surface area contributed by atoms with Gasteiger partial charge in [-0.3, -0.25) is 4.79 Å². The molecule has 2 unspecified atom stereocenters. The molecule has 0 radical (unpaired) electrons. The minimum absolute atomic E-state index is 0.168. The molecular weight excluding hydrogens is 236 g/mol. The summed E-state index contributed by atoms with van der Waals surface area (Å²) < 4.78 is 0. The van der Waals surface area contributed by atoms with E-state index in [0.717, 1.165) is 29.6 Å². The fourth-order valence-corrected chi connectivity index (χ4v) is 3.20. The van der Waals surface area contributed by atoms with Crippen LogP contribution in [-0.2, 0) is 0 Å². The first-order valence-electron chi connectivity index (χ1n) is 7.00. The van der Waals surface area contributed by atoms with Crippen molar-refractivity contribution in [3.63, 3.8) is 0 Å². The molecule has 3 rings (SSSR count). The summed E-state index contributed by atoms with van der Waals surface area (Å²) in [4.78, 5) is 17.7. The van der Waals surface area contributed by atoms with Crippen molar-refractivity contribution in [2.75, 3.05) is 13.1 Å². The zero-order chi connectivity index (χ0) is 13.4. The number of aromatic nitrogens is 1. The Morgan fingerprint density at radius 2 is 1.95 bits per heavy atom. The van der Waals surface area contributed by atoms with E-state index in [0.29, 0.717) is 11.8 Å². The molecule has 19 heavy (non-hydrogen) atoms. The maximum Gasteiger partial charge on any atom is 0.253 e. The number of rotatable bonds is 1. The number of nitrogens with one attached hydrogen (secondary N) is 1. The van der Waals surface area contributed by atoms with Gasteiger partial charge in [0.25, 0.3) is 5.91 Å². The lowest BCUT2D eigenvalue weighted by Gasteiger charge is -2.35. The highest BCUT2D eigenvalue weighted by molar-refractivity contribution is 5.98. The zero-order valence-electron chi connectivity index (χ0n) is 11.5. The summed E-state index contributed by atoms with van der Waals surface area (Å²) in [5.41, 5.74) is 1.88. The van der Waals surface area contributed by atoms with Crippen LogP contribution in [0.1, 0.15) is 30.6 Å². The van der Waals surface area contributed by atoms with Gasteiger partial charge in [-0.15, -0.1) is 0 Å². The average Bonchev–Trinajstić information content (AvgIpc) is 2.83. The molecule has 100 valence electrons. The van der Waals surface area contributed by atoms with Crippen LogP contribution in [0.2, 0.25) is 0 Å². The topological polar surface area (TPSA) is 36.1 Å². The molecule has 1 aromatic carbocycles. The monoisotopic (exact) mass is 256 g/mol. The van der Waals surface area contributed by atoms with E-state index in [1.54, 1.807) is 0 Å². The van der Waals surface area contributed by atoms with Crippen LogP contribution in [0, 0.1) is 11.8 Å². The number of carbonyl (C=O) groups excluding carboxylic acids is 1. The summed E-state index contributed by atoms with van der Waals surface area (Å²) in [6.07, 6.45) is 3.13. The predicted molar refractivity (Wildman–Crippen MR) is 77.1 cm³/mol. The number of benzene rings is 1. The van der Waals surface area contributed by atoms with E-state index in [9.17, 15) is 4.79 Å². The molecule has 1 fully saturated rings. The third-order valence-corrected chi connectivity index (χ3v) is 3.96. The Kier molecular flexibility index (Phi) is 3.05. The normalized spacial score (nSPS) is 23.8. The number of amides is 1. The van der Waals surface area contributed by atoms with Gasteiger partial charge in [0.05, 0.1) is 0 Å². The second-order valence-corrected chi connectivity index (χ2v) is 5.94. The largest absolute Gasteiger partial charge is 0.361 e. The van der Waals surface area contributed by atoms with E-state index in [-0.39, 0.29) is 5.91 Å². The number of aromatic amines is 1. The van der Waals surface area contributed by atoms with Crippen molar-refractivity contribution in [3.8, 4) is 0 Å². The van der Waals surface area contributed by atoms with Gasteiger partial charge in [-0.1, -0.05) is 13.8 Å². The van der Waals surface area contributed by atoms with Crippen LogP contribution < -0.4 is 0 Å². The fraction of sp³-hybridized carbons (Fsp3) is 0.438. The maximum absolute atomic E-state index is 12.6.